The van der Waals surface area contributed by atoms with Crippen LogP contribution in [-0.4, -0.2) is 39.3 Å². The predicted molar refractivity (Wildman–Crippen MR) is 104 cm³/mol. The van der Waals surface area contributed by atoms with Crippen molar-refractivity contribution in [3.05, 3.63) is 40.9 Å². The maximum absolute atomic E-state index is 17.0. The van der Waals surface area contributed by atoms with Crippen LogP contribution in [0, 0.1) is 27.6 Å². The number of halogens is 1. The summed E-state index contributed by atoms with van der Waals surface area (Å²) in [5, 5.41) is 23.7. The first kappa shape index (κ1) is 20.1. The van der Waals surface area contributed by atoms with Gasteiger partial charge in [-0.25, -0.2) is 4.39 Å². The van der Waals surface area contributed by atoms with E-state index in [1.54, 1.807) is 25.2 Å². The molecule has 4 rings (SSSR count). The van der Waals surface area contributed by atoms with Crippen molar-refractivity contribution in [2.24, 2.45) is 27.8 Å². The highest BCUT2D eigenvalue weighted by Crippen LogP contribution is 2.69. The van der Waals surface area contributed by atoms with E-state index in [0.29, 0.717) is 18.4 Å². The van der Waals surface area contributed by atoms with Gasteiger partial charge in [0.15, 0.2) is 11.5 Å². The van der Waals surface area contributed by atoms with Gasteiger partial charge in [-0.1, -0.05) is 30.3 Å². The number of carbonyl (C=O) groups excluding carboxylic acids is 1. The van der Waals surface area contributed by atoms with E-state index in [0.717, 1.165) is 0 Å². The zero-order chi connectivity index (χ0) is 21.2. The number of nitrogens with zero attached hydrogens (tertiary/aromatic N) is 1. The molecule has 0 saturated heterocycles. The number of hydrogen-bond donors (Lipinski definition) is 2. The number of carbonyl (C=O) groups is 2. The van der Waals surface area contributed by atoms with Gasteiger partial charge in [0, 0.05) is 23.2 Å². The lowest BCUT2D eigenvalue weighted by Gasteiger charge is -2.60. The lowest BCUT2D eigenvalue weighted by molar-refractivity contribution is -0.161. The van der Waals surface area contributed by atoms with Crippen LogP contribution >= 0.6 is 0 Å². The average Bonchev–Trinajstić information content (AvgIpc) is 2.92. The van der Waals surface area contributed by atoms with Gasteiger partial charge in [-0.2, -0.15) is 4.91 Å². The van der Waals surface area contributed by atoms with Gasteiger partial charge in [0.05, 0.1) is 5.60 Å². The molecule has 0 heterocycles. The second-order valence-electron chi connectivity index (χ2n) is 9.50. The number of aliphatic carboxylic acids is 1. The van der Waals surface area contributed by atoms with Gasteiger partial charge in [-0.05, 0) is 56.3 Å². The summed E-state index contributed by atoms with van der Waals surface area (Å²) in [6.07, 6.45) is 8.60. The van der Waals surface area contributed by atoms with Gasteiger partial charge in [0.25, 0.3) is 0 Å². The molecule has 2 saturated carbocycles. The first-order chi connectivity index (χ1) is 13.5. The van der Waals surface area contributed by atoms with E-state index in [9.17, 15) is 19.6 Å². The van der Waals surface area contributed by atoms with Crippen LogP contribution in [0.15, 0.2) is 41.1 Å². The number of carboxylic acid groups (broad SMARTS) is 1. The molecule has 7 heteroatoms. The fourth-order valence-electron chi connectivity index (χ4n) is 6.60. The van der Waals surface area contributed by atoms with Crippen LogP contribution in [0.4, 0.5) is 4.39 Å². The molecule has 7 atom stereocenters. The Hall–Kier alpha value is -2.15. The van der Waals surface area contributed by atoms with Gasteiger partial charge in [-0.15, -0.1) is 0 Å². The maximum atomic E-state index is 17.0. The first-order valence-corrected chi connectivity index (χ1v) is 10.1. The Bertz CT molecular complexity index is 880. The molecule has 0 aromatic heterocycles. The first-order valence-electron chi connectivity index (χ1n) is 10.1. The molecule has 6 nitrogen and oxygen atoms in total. The number of rotatable bonds is 4. The van der Waals surface area contributed by atoms with Crippen LogP contribution in [0.5, 0.6) is 0 Å². The Kier molecular flexibility index (Phi) is 4.29. The normalized spacial score (nSPS) is 47.8. The average molecular weight is 403 g/mol. The van der Waals surface area contributed by atoms with Gasteiger partial charge >= 0.3 is 5.97 Å². The van der Waals surface area contributed by atoms with Gasteiger partial charge < -0.3 is 10.2 Å². The summed E-state index contributed by atoms with van der Waals surface area (Å²) in [5.74, 6) is -2.14. The van der Waals surface area contributed by atoms with E-state index in [-0.39, 0.29) is 31.0 Å². The summed E-state index contributed by atoms with van der Waals surface area (Å²) in [7, 11) is 0. The zero-order valence-electron chi connectivity index (χ0n) is 16.6. The van der Waals surface area contributed by atoms with E-state index in [4.69, 9.17) is 5.11 Å². The molecule has 2 fully saturated rings. The van der Waals surface area contributed by atoms with E-state index in [2.05, 4.69) is 5.18 Å². The Morgan fingerprint density at radius 2 is 2.07 bits per heavy atom. The topological polar surface area (TPSA) is 104 Å². The fraction of sp³-hybridized carbons (Fsp3) is 0.636. The summed E-state index contributed by atoms with van der Waals surface area (Å²) >= 11 is 0. The van der Waals surface area contributed by atoms with E-state index >= 15 is 4.39 Å². The Morgan fingerprint density at radius 1 is 1.34 bits per heavy atom. The second-order valence-corrected chi connectivity index (χ2v) is 9.50. The molecular formula is C22H26FNO5. The molecule has 0 aliphatic heterocycles. The highest BCUT2D eigenvalue weighted by molar-refractivity contribution is 6.01. The third-order valence-corrected chi connectivity index (χ3v) is 8.41. The molecule has 0 aromatic rings. The SMILES string of the molecule is C[C@]12C=CC(=O)C=C1C=C[C@H]1[C@@H]3CC[C@@](O)(CCC(=O)O)[C@@]3(C)C[C@H](N=O)[C@@]12F. The third kappa shape index (κ3) is 2.43. The van der Waals surface area contributed by atoms with Crippen LogP contribution < -0.4 is 0 Å². The minimum Gasteiger partial charge on any atom is -0.481 e. The highest BCUT2D eigenvalue weighted by atomic mass is 19.1. The van der Waals surface area contributed by atoms with E-state index in [1.807, 2.05) is 6.92 Å². The molecule has 0 bridgehead atoms. The molecule has 0 radical (unpaired) electrons. The smallest absolute Gasteiger partial charge is 0.303 e. The number of alkyl halides is 1. The molecule has 4 aliphatic carbocycles. The van der Waals surface area contributed by atoms with Crippen LogP contribution in [0.3, 0.4) is 0 Å². The van der Waals surface area contributed by atoms with Crippen LogP contribution in [0.2, 0.25) is 0 Å². The fourth-order valence-corrected chi connectivity index (χ4v) is 6.60. The van der Waals surface area contributed by atoms with Crippen molar-refractivity contribution in [3.8, 4) is 0 Å². The molecular weight excluding hydrogens is 377 g/mol. The largest absolute Gasteiger partial charge is 0.481 e. The number of nitroso groups, excluding NO2 is 1. The zero-order valence-corrected chi connectivity index (χ0v) is 16.6. The Balaban J connectivity index is 1.82. The van der Waals surface area contributed by atoms with Gasteiger partial charge in [-0.3, -0.25) is 9.59 Å². The number of hydrogen-bond acceptors (Lipinski definition) is 5. The van der Waals surface area contributed by atoms with Crippen molar-refractivity contribution < 1.29 is 24.2 Å². The lowest BCUT2D eigenvalue weighted by Crippen LogP contribution is -2.66. The van der Waals surface area contributed by atoms with Gasteiger partial charge in [0.2, 0.25) is 0 Å². The quantitative estimate of drug-likeness (QED) is 0.699. The standard InChI is InChI=1S/C22H26FNO5/c1-19-8-5-14(25)11-13(19)3-4-16-15-6-9-21(28,10-7-18(26)27)20(15,2)12-17(24-29)22(16,19)23/h3-5,8,11,15-17,28H,6-7,9-10,12H2,1-2H3,(H,26,27)/t15-,16-,17-,19-,20-,21+,22-/m0/s1. The van der Waals surface area contributed by atoms with Crippen LogP contribution in [0.25, 0.3) is 0 Å². The van der Waals surface area contributed by atoms with E-state index < -0.39 is 40.0 Å². The molecule has 0 aromatic carbocycles. The third-order valence-electron chi connectivity index (χ3n) is 8.41. The number of allylic oxidation sites excluding steroid dienone is 6. The summed E-state index contributed by atoms with van der Waals surface area (Å²) in [5.41, 5.74) is -4.77. The molecule has 0 unspecified atom stereocenters. The van der Waals surface area contributed by atoms with Crippen LogP contribution in [-0.2, 0) is 9.59 Å². The number of fused-ring (bicyclic) bond motifs is 5. The lowest BCUT2D eigenvalue weighted by atomic mass is 9.46. The Morgan fingerprint density at radius 3 is 2.72 bits per heavy atom. The monoisotopic (exact) mass is 403 g/mol. The summed E-state index contributed by atoms with van der Waals surface area (Å²) in [6, 6.07) is -1.22. The van der Waals surface area contributed by atoms with Crippen molar-refractivity contribution >= 4 is 11.8 Å². The van der Waals surface area contributed by atoms with Crippen molar-refractivity contribution in [3.63, 3.8) is 0 Å². The number of carboxylic acids is 1. The highest BCUT2D eigenvalue weighted by Gasteiger charge is 2.72. The summed E-state index contributed by atoms with van der Waals surface area (Å²) in [6.45, 7) is 3.54. The van der Waals surface area contributed by atoms with Crippen molar-refractivity contribution in [1.82, 2.24) is 0 Å². The van der Waals surface area contributed by atoms with Crippen LogP contribution in [0.1, 0.15) is 46.0 Å². The number of ketones is 1. The maximum Gasteiger partial charge on any atom is 0.303 e. The summed E-state index contributed by atoms with van der Waals surface area (Å²) < 4.78 is 17.0. The number of aliphatic hydroxyl groups is 1. The predicted octanol–water partition coefficient (Wildman–Crippen LogP) is 3.50. The summed E-state index contributed by atoms with van der Waals surface area (Å²) in [4.78, 5) is 34.8. The minimum absolute atomic E-state index is 0.0444. The molecule has 29 heavy (non-hydrogen) atoms. The van der Waals surface area contributed by atoms with Crippen molar-refractivity contribution in [1.29, 1.82) is 0 Å². The molecule has 4 aliphatic rings. The molecule has 156 valence electrons. The second kappa shape index (κ2) is 6.17. The van der Waals surface area contributed by atoms with Crippen molar-refractivity contribution in [2.45, 2.75) is 63.3 Å². The van der Waals surface area contributed by atoms with Gasteiger partial charge in [0.1, 0.15) is 6.04 Å². The van der Waals surface area contributed by atoms with E-state index in [1.165, 1.54) is 12.2 Å². The Labute approximate surface area is 168 Å². The molecule has 0 spiro atoms. The minimum atomic E-state index is -2.02. The molecule has 2 N–H and O–H groups in total. The molecule has 0 amide bonds. The van der Waals surface area contributed by atoms with Crippen molar-refractivity contribution in [2.75, 3.05) is 0 Å².